The maximum absolute atomic E-state index is 11.5. The topological polar surface area (TPSA) is 55.1 Å². The van der Waals surface area contributed by atoms with Gasteiger partial charge in [-0.15, -0.1) is 0 Å². The Hall–Kier alpha value is -1.49. The molecule has 0 saturated heterocycles. The molecule has 114 valence electrons. The fourth-order valence-corrected chi connectivity index (χ4v) is 3.62. The average molecular weight is 306 g/mol. The lowest BCUT2D eigenvalue weighted by atomic mass is 10.0. The van der Waals surface area contributed by atoms with Crippen LogP contribution in [0.5, 0.6) is 0 Å². The zero-order chi connectivity index (χ0) is 15.6. The molecule has 5 heteroatoms. The Labute approximate surface area is 129 Å². The molecule has 0 amide bonds. The molecule has 0 fully saturated rings. The van der Waals surface area contributed by atoms with E-state index in [1.807, 2.05) is 24.8 Å². The molecule has 0 spiro atoms. The lowest BCUT2D eigenvalue weighted by Gasteiger charge is -2.31. The van der Waals surface area contributed by atoms with Crippen molar-refractivity contribution in [2.45, 2.75) is 44.9 Å². The van der Waals surface area contributed by atoms with E-state index in [1.165, 1.54) is 0 Å². The molecular formula is C16H22N2O2S. The second-order valence-electron chi connectivity index (χ2n) is 5.32. The van der Waals surface area contributed by atoms with E-state index in [2.05, 4.69) is 29.7 Å². The van der Waals surface area contributed by atoms with Gasteiger partial charge < -0.3 is 9.67 Å². The van der Waals surface area contributed by atoms with Crippen molar-refractivity contribution in [3.8, 4) is 0 Å². The van der Waals surface area contributed by atoms with Gasteiger partial charge in [0.25, 0.3) is 0 Å². The van der Waals surface area contributed by atoms with Crippen molar-refractivity contribution in [3.05, 3.63) is 29.6 Å². The Bertz CT molecular complexity index is 651. The largest absolute Gasteiger partial charge is 0.478 e. The fourth-order valence-electron chi connectivity index (χ4n) is 2.78. The average Bonchev–Trinajstić information content (AvgIpc) is 2.80. The minimum atomic E-state index is -0.899. The lowest BCUT2D eigenvalue weighted by molar-refractivity contribution is 0.0698. The van der Waals surface area contributed by atoms with Crippen LogP contribution in [-0.4, -0.2) is 31.6 Å². The van der Waals surface area contributed by atoms with E-state index in [0.717, 1.165) is 36.2 Å². The van der Waals surface area contributed by atoms with Crippen molar-refractivity contribution in [1.29, 1.82) is 0 Å². The molecule has 21 heavy (non-hydrogen) atoms. The van der Waals surface area contributed by atoms with E-state index in [1.54, 1.807) is 12.1 Å². The normalized spacial score (nSPS) is 12.0. The molecule has 0 atom stereocenters. The van der Waals surface area contributed by atoms with Crippen LogP contribution in [0.4, 0.5) is 0 Å². The van der Waals surface area contributed by atoms with Crippen LogP contribution in [0.3, 0.4) is 0 Å². The standard InChI is InChI=1S/C16H22N2O2S/c1-5-16(6-2,21-4)10-18-11(3)17-13-9-7-8-12(14(13)18)15(19)20/h7-9H,5-6,10H2,1-4H3,(H,19,20). The number of hydrogen-bond acceptors (Lipinski definition) is 3. The summed E-state index contributed by atoms with van der Waals surface area (Å²) in [7, 11) is 0. The second kappa shape index (κ2) is 6.10. The Morgan fingerprint density at radius 2 is 2.05 bits per heavy atom. The fraction of sp³-hybridized carbons (Fsp3) is 0.500. The van der Waals surface area contributed by atoms with E-state index < -0.39 is 5.97 Å². The summed E-state index contributed by atoms with van der Waals surface area (Å²) in [6, 6.07) is 5.29. The van der Waals surface area contributed by atoms with E-state index in [0.29, 0.717) is 5.56 Å². The molecule has 0 aliphatic carbocycles. The summed E-state index contributed by atoms with van der Waals surface area (Å²) >= 11 is 1.85. The van der Waals surface area contributed by atoms with Gasteiger partial charge in [0.05, 0.1) is 16.6 Å². The first-order chi connectivity index (χ1) is 9.98. The summed E-state index contributed by atoms with van der Waals surface area (Å²) < 4.78 is 2.19. The van der Waals surface area contributed by atoms with Gasteiger partial charge in [-0.25, -0.2) is 9.78 Å². The summed E-state index contributed by atoms with van der Waals surface area (Å²) in [4.78, 5) is 16.0. The van der Waals surface area contributed by atoms with Gasteiger partial charge in [-0.05, 0) is 38.2 Å². The molecule has 0 bridgehead atoms. The second-order valence-corrected chi connectivity index (χ2v) is 6.59. The van der Waals surface area contributed by atoms with Crippen LogP contribution in [0.25, 0.3) is 11.0 Å². The number of imidazole rings is 1. The molecule has 0 saturated carbocycles. The summed E-state index contributed by atoms with van der Waals surface area (Å²) in [5, 5.41) is 9.44. The number of thioether (sulfide) groups is 1. The quantitative estimate of drug-likeness (QED) is 0.877. The van der Waals surface area contributed by atoms with Crippen LogP contribution in [0, 0.1) is 6.92 Å². The van der Waals surface area contributed by atoms with Crippen molar-refractivity contribution < 1.29 is 9.90 Å². The van der Waals surface area contributed by atoms with Gasteiger partial charge in [0.15, 0.2) is 0 Å². The number of hydrogen-bond donors (Lipinski definition) is 1. The highest BCUT2D eigenvalue weighted by Crippen LogP contribution is 2.34. The third-order valence-corrected chi connectivity index (χ3v) is 5.93. The number of carboxylic acids is 1. The minimum absolute atomic E-state index is 0.115. The van der Waals surface area contributed by atoms with Gasteiger partial charge in [-0.2, -0.15) is 11.8 Å². The molecule has 1 heterocycles. The highest BCUT2D eigenvalue weighted by molar-refractivity contribution is 8.00. The molecule has 0 aliphatic rings. The number of rotatable bonds is 6. The highest BCUT2D eigenvalue weighted by Gasteiger charge is 2.28. The highest BCUT2D eigenvalue weighted by atomic mass is 32.2. The first kappa shape index (κ1) is 15.9. The Morgan fingerprint density at radius 3 is 2.57 bits per heavy atom. The SMILES string of the molecule is CCC(CC)(Cn1c(C)nc2cccc(C(=O)O)c21)SC. The van der Waals surface area contributed by atoms with Crippen molar-refractivity contribution >= 4 is 28.8 Å². The zero-order valence-corrected chi connectivity index (χ0v) is 13.8. The Kier molecular flexibility index (Phi) is 4.61. The summed E-state index contributed by atoms with van der Waals surface area (Å²) in [5.41, 5.74) is 1.83. The third kappa shape index (κ3) is 2.79. The van der Waals surface area contributed by atoms with E-state index in [4.69, 9.17) is 0 Å². The van der Waals surface area contributed by atoms with Gasteiger partial charge in [0.2, 0.25) is 0 Å². The molecule has 0 unspecified atom stereocenters. The molecule has 0 radical (unpaired) electrons. The predicted octanol–water partition coefficient (Wildman–Crippen LogP) is 3.96. The predicted molar refractivity (Wildman–Crippen MR) is 88.3 cm³/mol. The van der Waals surface area contributed by atoms with Crippen LogP contribution in [0.1, 0.15) is 42.9 Å². The Morgan fingerprint density at radius 1 is 1.38 bits per heavy atom. The molecule has 2 rings (SSSR count). The van der Waals surface area contributed by atoms with Crippen LogP contribution in [0.2, 0.25) is 0 Å². The number of para-hydroxylation sites is 1. The molecule has 1 N–H and O–H groups in total. The van der Waals surface area contributed by atoms with Crippen LogP contribution < -0.4 is 0 Å². The van der Waals surface area contributed by atoms with Crippen molar-refractivity contribution in [2.75, 3.05) is 6.26 Å². The summed E-state index contributed by atoms with van der Waals surface area (Å²) in [5.74, 6) is -0.0245. The number of benzene rings is 1. The van der Waals surface area contributed by atoms with Crippen LogP contribution in [0.15, 0.2) is 18.2 Å². The molecule has 0 aliphatic heterocycles. The first-order valence-corrected chi connectivity index (χ1v) is 8.44. The molecule has 1 aromatic carbocycles. The number of carboxylic acid groups (broad SMARTS) is 1. The number of aromatic nitrogens is 2. The smallest absolute Gasteiger partial charge is 0.337 e. The first-order valence-electron chi connectivity index (χ1n) is 7.22. The summed E-state index contributed by atoms with van der Waals surface area (Å²) in [6.07, 6.45) is 4.21. The molecule has 4 nitrogen and oxygen atoms in total. The van der Waals surface area contributed by atoms with Gasteiger partial charge in [-0.1, -0.05) is 19.9 Å². The van der Waals surface area contributed by atoms with E-state index in [-0.39, 0.29) is 4.75 Å². The van der Waals surface area contributed by atoms with Crippen LogP contribution >= 0.6 is 11.8 Å². The number of aromatic carboxylic acids is 1. The molecule has 1 aromatic heterocycles. The van der Waals surface area contributed by atoms with Gasteiger partial charge in [0, 0.05) is 11.3 Å². The summed E-state index contributed by atoms with van der Waals surface area (Å²) in [6.45, 7) is 7.11. The number of aryl methyl sites for hydroxylation is 1. The zero-order valence-electron chi connectivity index (χ0n) is 13.0. The van der Waals surface area contributed by atoms with Crippen molar-refractivity contribution in [3.63, 3.8) is 0 Å². The monoisotopic (exact) mass is 306 g/mol. The number of fused-ring (bicyclic) bond motifs is 1. The number of carbonyl (C=O) groups is 1. The van der Waals surface area contributed by atoms with Crippen molar-refractivity contribution in [2.24, 2.45) is 0 Å². The van der Waals surface area contributed by atoms with E-state index >= 15 is 0 Å². The van der Waals surface area contributed by atoms with Crippen LogP contribution in [-0.2, 0) is 6.54 Å². The Balaban J connectivity index is 2.63. The lowest BCUT2D eigenvalue weighted by Crippen LogP contribution is -2.29. The van der Waals surface area contributed by atoms with Gasteiger partial charge in [-0.3, -0.25) is 0 Å². The van der Waals surface area contributed by atoms with Gasteiger partial charge in [0.1, 0.15) is 5.82 Å². The van der Waals surface area contributed by atoms with Gasteiger partial charge >= 0.3 is 5.97 Å². The number of nitrogens with zero attached hydrogens (tertiary/aromatic N) is 2. The van der Waals surface area contributed by atoms with E-state index in [9.17, 15) is 9.90 Å². The van der Waals surface area contributed by atoms with Crippen molar-refractivity contribution in [1.82, 2.24) is 9.55 Å². The third-order valence-electron chi connectivity index (χ3n) is 4.36. The molecule has 2 aromatic rings. The maximum atomic E-state index is 11.5. The maximum Gasteiger partial charge on any atom is 0.337 e. The minimum Gasteiger partial charge on any atom is -0.478 e. The molecular weight excluding hydrogens is 284 g/mol.